The number of nitrogens with zero attached hydrogens (tertiary/aromatic N) is 1. The molecule has 1 atom stereocenters. The van der Waals surface area contributed by atoms with Crippen LogP contribution in [-0.4, -0.2) is 33.7 Å². The van der Waals surface area contributed by atoms with Gasteiger partial charge in [-0.25, -0.2) is 4.79 Å². The molecule has 3 N–H and O–H groups in total. The first-order valence-corrected chi connectivity index (χ1v) is 8.32. The smallest absolute Gasteiger partial charge is 0.355 e. The number of H-pyrrole nitrogens is 1. The molecule has 0 unspecified atom stereocenters. The molecule has 2 heterocycles. The molecule has 0 saturated heterocycles. The Labute approximate surface area is 151 Å². The topological polar surface area (TPSA) is 117 Å². The predicted octanol–water partition coefficient (Wildman–Crippen LogP) is 2.77. The SMILES string of the molecule is Cc1[nH]c(C(=O)OCC(=O)Nc2cc(C(C)(C)C)no2)c(C)c1[C@@H](C)O. The minimum Gasteiger partial charge on any atom is -0.451 e. The molecule has 0 aromatic carbocycles. The number of esters is 1. The van der Waals surface area contributed by atoms with Crippen molar-refractivity contribution in [1.82, 2.24) is 10.1 Å². The number of hydrogen-bond acceptors (Lipinski definition) is 6. The first-order chi connectivity index (χ1) is 12.0. The summed E-state index contributed by atoms with van der Waals surface area (Å²) in [7, 11) is 0. The number of aromatic amines is 1. The van der Waals surface area contributed by atoms with E-state index in [1.807, 2.05) is 20.8 Å². The third-order valence-corrected chi connectivity index (χ3v) is 3.99. The van der Waals surface area contributed by atoms with Crippen LogP contribution in [0.25, 0.3) is 0 Å². The van der Waals surface area contributed by atoms with Gasteiger partial charge in [0.15, 0.2) is 6.61 Å². The maximum atomic E-state index is 12.2. The Kier molecular flexibility index (Phi) is 5.56. The van der Waals surface area contributed by atoms with Gasteiger partial charge in [-0.3, -0.25) is 10.1 Å². The fourth-order valence-corrected chi connectivity index (χ4v) is 2.66. The third-order valence-electron chi connectivity index (χ3n) is 3.99. The minimum absolute atomic E-state index is 0.194. The summed E-state index contributed by atoms with van der Waals surface area (Å²) in [5.41, 5.74) is 2.66. The van der Waals surface area contributed by atoms with Gasteiger partial charge in [-0.15, -0.1) is 0 Å². The summed E-state index contributed by atoms with van der Waals surface area (Å²) in [5.74, 6) is -1.01. The lowest BCUT2D eigenvalue weighted by atomic mass is 9.92. The van der Waals surface area contributed by atoms with Crippen molar-refractivity contribution in [3.05, 3.63) is 34.3 Å². The van der Waals surface area contributed by atoms with Crippen LogP contribution in [0.15, 0.2) is 10.6 Å². The molecule has 2 rings (SSSR count). The van der Waals surface area contributed by atoms with Crippen molar-refractivity contribution in [2.45, 2.75) is 53.1 Å². The van der Waals surface area contributed by atoms with E-state index >= 15 is 0 Å². The van der Waals surface area contributed by atoms with Gasteiger partial charge >= 0.3 is 5.97 Å². The Morgan fingerprint density at radius 2 is 2.04 bits per heavy atom. The van der Waals surface area contributed by atoms with E-state index in [0.29, 0.717) is 22.5 Å². The van der Waals surface area contributed by atoms with E-state index in [4.69, 9.17) is 9.26 Å². The largest absolute Gasteiger partial charge is 0.451 e. The molecule has 8 heteroatoms. The highest BCUT2D eigenvalue weighted by Crippen LogP contribution is 2.25. The quantitative estimate of drug-likeness (QED) is 0.703. The van der Waals surface area contributed by atoms with Crippen molar-refractivity contribution in [3.8, 4) is 0 Å². The number of nitrogens with one attached hydrogen (secondary N) is 2. The average molecular weight is 363 g/mol. The van der Waals surface area contributed by atoms with Gasteiger partial charge in [0.25, 0.3) is 5.91 Å². The van der Waals surface area contributed by atoms with Gasteiger partial charge in [-0.2, -0.15) is 0 Å². The summed E-state index contributed by atoms with van der Waals surface area (Å²) in [6.45, 7) is 10.5. The Balaban J connectivity index is 1.96. The second-order valence-electron chi connectivity index (χ2n) is 7.29. The molecule has 142 valence electrons. The van der Waals surface area contributed by atoms with Crippen molar-refractivity contribution >= 4 is 17.8 Å². The summed E-state index contributed by atoms with van der Waals surface area (Å²) in [5, 5.41) is 16.2. The molecule has 2 aromatic heterocycles. The Bertz CT molecular complexity index is 811. The average Bonchev–Trinajstić information content (AvgIpc) is 3.09. The van der Waals surface area contributed by atoms with Gasteiger partial charge in [-0.05, 0) is 26.3 Å². The van der Waals surface area contributed by atoms with Crippen LogP contribution in [0.5, 0.6) is 0 Å². The van der Waals surface area contributed by atoms with Crippen LogP contribution in [0.1, 0.15) is 66.8 Å². The number of carbonyl (C=O) groups is 2. The second kappa shape index (κ2) is 7.33. The molecule has 0 aliphatic rings. The van der Waals surface area contributed by atoms with E-state index in [1.54, 1.807) is 26.8 Å². The number of amides is 1. The Hall–Kier alpha value is -2.61. The van der Waals surface area contributed by atoms with Gasteiger partial charge in [0.1, 0.15) is 5.69 Å². The van der Waals surface area contributed by atoms with Crippen LogP contribution in [0.3, 0.4) is 0 Å². The van der Waals surface area contributed by atoms with E-state index < -0.39 is 24.6 Å². The van der Waals surface area contributed by atoms with E-state index in [9.17, 15) is 14.7 Å². The van der Waals surface area contributed by atoms with E-state index in [1.165, 1.54) is 0 Å². The molecule has 0 fully saturated rings. The number of aryl methyl sites for hydroxylation is 1. The van der Waals surface area contributed by atoms with E-state index in [2.05, 4.69) is 15.5 Å². The molecule has 1 amide bonds. The van der Waals surface area contributed by atoms with Crippen LogP contribution >= 0.6 is 0 Å². The Morgan fingerprint density at radius 1 is 1.38 bits per heavy atom. The maximum absolute atomic E-state index is 12.2. The zero-order valence-electron chi connectivity index (χ0n) is 15.9. The number of ether oxygens (including phenoxy) is 1. The molecule has 8 nitrogen and oxygen atoms in total. The van der Waals surface area contributed by atoms with Crippen molar-refractivity contribution in [2.75, 3.05) is 11.9 Å². The van der Waals surface area contributed by atoms with Gasteiger partial charge < -0.3 is 19.4 Å². The first-order valence-electron chi connectivity index (χ1n) is 8.32. The van der Waals surface area contributed by atoms with Gasteiger partial charge in [-0.1, -0.05) is 25.9 Å². The number of carbonyl (C=O) groups excluding carboxylic acids is 2. The number of hydrogen-bond donors (Lipinski definition) is 3. The van der Waals surface area contributed by atoms with E-state index in [0.717, 1.165) is 0 Å². The van der Waals surface area contributed by atoms with E-state index in [-0.39, 0.29) is 17.0 Å². The number of anilines is 1. The van der Waals surface area contributed by atoms with Crippen molar-refractivity contribution in [3.63, 3.8) is 0 Å². The molecule has 0 aliphatic heterocycles. The zero-order chi connectivity index (χ0) is 19.6. The summed E-state index contributed by atoms with van der Waals surface area (Å²) < 4.78 is 10.1. The Morgan fingerprint density at radius 3 is 2.54 bits per heavy atom. The molecule has 0 bridgehead atoms. The number of rotatable bonds is 5. The highest BCUT2D eigenvalue weighted by molar-refractivity contribution is 5.95. The van der Waals surface area contributed by atoms with Crippen molar-refractivity contribution in [2.24, 2.45) is 0 Å². The highest BCUT2D eigenvalue weighted by atomic mass is 16.5. The molecule has 0 radical (unpaired) electrons. The molecule has 26 heavy (non-hydrogen) atoms. The van der Waals surface area contributed by atoms with Crippen LogP contribution in [0.2, 0.25) is 0 Å². The second-order valence-corrected chi connectivity index (χ2v) is 7.29. The number of aromatic nitrogens is 2. The number of aliphatic hydroxyl groups is 1. The predicted molar refractivity (Wildman–Crippen MR) is 95.0 cm³/mol. The lowest BCUT2D eigenvalue weighted by molar-refractivity contribution is -0.119. The lowest BCUT2D eigenvalue weighted by Crippen LogP contribution is -2.21. The van der Waals surface area contributed by atoms with Crippen LogP contribution < -0.4 is 5.32 Å². The number of aliphatic hydroxyl groups excluding tert-OH is 1. The molecular weight excluding hydrogens is 338 g/mol. The van der Waals surface area contributed by atoms with Crippen LogP contribution in [0.4, 0.5) is 5.88 Å². The standard InChI is InChI=1S/C18H25N3O5/c1-9-15(11(3)22)10(2)19-16(9)17(24)25-8-13(23)20-14-7-12(21-26-14)18(4,5)6/h7,11,19,22H,8H2,1-6H3,(H,20,23)/t11-/m1/s1. The van der Waals surface area contributed by atoms with Crippen molar-refractivity contribution in [1.29, 1.82) is 0 Å². The molecule has 0 aliphatic carbocycles. The fourth-order valence-electron chi connectivity index (χ4n) is 2.66. The summed E-state index contributed by atoms with van der Waals surface area (Å²) in [6.07, 6.45) is -0.709. The third kappa shape index (κ3) is 4.32. The van der Waals surface area contributed by atoms with Crippen molar-refractivity contribution < 1.29 is 24.0 Å². The van der Waals surface area contributed by atoms with Gasteiger partial charge in [0.2, 0.25) is 5.88 Å². The monoisotopic (exact) mass is 363 g/mol. The minimum atomic E-state index is -0.709. The van der Waals surface area contributed by atoms with Crippen LogP contribution in [-0.2, 0) is 14.9 Å². The van der Waals surface area contributed by atoms with Crippen LogP contribution in [0, 0.1) is 13.8 Å². The lowest BCUT2D eigenvalue weighted by Gasteiger charge is -2.12. The molecular formula is C18H25N3O5. The zero-order valence-corrected chi connectivity index (χ0v) is 15.9. The van der Waals surface area contributed by atoms with Gasteiger partial charge in [0, 0.05) is 22.7 Å². The van der Waals surface area contributed by atoms with Gasteiger partial charge in [0.05, 0.1) is 11.8 Å². The molecule has 0 saturated carbocycles. The first kappa shape index (κ1) is 19.7. The summed E-state index contributed by atoms with van der Waals surface area (Å²) >= 11 is 0. The summed E-state index contributed by atoms with van der Waals surface area (Å²) in [6, 6.07) is 1.63. The molecule has 0 spiro atoms. The summed E-state index contributed by atoms with van der Waals surface area (Å²) in [4.78, 5) is 27.0. The maximum Gasteiger partial charge on any atom is 0.355 e. The highest BCUT2D eigenvalue weighted by Gasteiger charge is 2.22. The fraction of sp³-hybridized carbons (Fsp3) is 0.500. The normalized spacial score (nSPS) is 12.7. The molecule has 2 aromatic rings.